The number of hydrazine groups is 1. The maximum Gasteiger partial charge on any atom is 0.275 e. The highest BCUT2D eigenvalue weighted by Crippen LogP contribution is 2.26. The summed E-state index contributed by atoms with van der Waals surface area (Å²) in [5.41, 5.74) is 2.73. The Labute approximate surface area is 130 Å². The van der Waals surface area contributed by atoms with Crippen LogP contribution in [0.1, 0.15) is 10.5 Å². The van der Waals surface area contributed by atoms with Gasteiger partial charge in [0.1, 0.15) is 11.5 Å². The number of pyridine rings is 1. The first kappa shape index (κ1) is 14.9. The molecule has 0 aliphatic carbocycles. The number of nitrogen functional groups attached to an aromatic ring is 1. The Bertz CT molecular complexity index is 663. The van der Waals surface area contributed by atoms with Gasteiger partial charge < -0.3 is 10.7 Å². The van der Waals surface area contributed by atoms with E-state index in [4.69, 9.17) is 40.6 Å². The third-order valence-electron chi connectivity index (χ3n) is 2.39. The van der Waals surface area contributed by atoms with E-state index in [9.17, 15) is 4.79 Å². The number of halogens is 3. The Kier molecular flexibility index (Phi) is 4.67. The number of nitrogens with zero attached hydrogens (tertiary/aromatic N) is 1. The number of nitrogens with one attached hydrogen (secondary N) is 2. The Morgan fingerprint density at radius 1 is 1.10 bits per heavy atom. The van der Waals surface area contributed by atoms with E-state index in [1.165, 1.54) is 12.1 Å². The smallest absolute Gasteiger partial charge is 0.275 e. The molecule has 20 heavy (non-hydrogen) atoms. The van der Waals surface area contributed by atoms with Crippen molar-refractivity contribution < 1.29 is 4.79 Å². The molecule has 2 aromatic rings. The van der Waals surface area contributed by atoms with Crippen molar-refractivity contribution in [3.63, 3.8) is 0 Å². The van der Waals surface area contributed by atoms with Gasteiger partial charge in [-0.2, -0.15) is 0 Å². The van der Waals surface area contributed by atoms with Gasteiger partial charge in [0.05, 0.1) is 15.7 Å². The molecule has 0 bridgehead atoms. The van der Waals surface area contributed by atoms with Crippen molar-refractivity contribution in [3.8, 4) is 0 Å². The second-order valence-electron chi connectivity index (χ2n) is 3.75. The van der Waals surface area contributed by atoms with Crippen LogP contribution in [0.2, 0.25) is 15.1 Å². The van der Waals surface area contributed by atoms with Gasteiger partial charge in [0.15, 0.2) is 0 Å². The summed E-state index contributed by atoms with van der Waals surface area (Å²) < 4.78 is 0. The number of amides is 1. The number of carbonyl (C=O) groups excluding carboxylic acids is 1. The van der Waals surface area contributed by atoms with Gasteiger partial charge in [0, 0.05) is 5.02 Å². The summed E-state index contributed by atoms with van der Waals surface area (Å²) in [5.74, 6) is 5.04. The predicted molar refractivity (Wildman–Crippen MR) is 81.5 cm³/mol. The molecular weight excluding hydrogens is 323 g/mol. The van der Waals surface area contributed by atoms with Gasteiger partial charge >= 0.3 is 0 Å². The number of nitrogens with two attached hydrogens (primary N) is 1. The normalized spacial score (nSPS) is 10.2. The van der Waals surface area contributed by atoms with Gasteiger partial charge in [-0.3, -0.25) is 4.79 Å². The van der Waals surface area contributed by atoms with E-state index in [2.05, 4.69) is 15.7 Å². The van der Waals surface area contributed by atoms with Gasteiger partial charge in [-0.15, -0.1) is 0 Å². The first-order valence-electron chi connectivity index (χ1n) is 5.41. The molecule has 104 valence electrons. The van der Waals surface area contributed by atoms with E-state index >= 15 is 0 Å². The molecule has 0 aliphatic heterocycles. The lowest BCUT2D eigenvalue weighted by atomic mass is 10.3. The van der Waals surface area contributed by atoms with Crippen molar-refractivity contribution in [2.45, 2.75) is 0 Å². The van der Waals surface area contributed by atoms with Crippen LogP contribution in [-0.4, -0.2) is 10.9 Å². The maximum absolute atomic E-state index is 12.1. The van der Waals surface area contributed by atoms with Crippen LogP contribution in [0, 0.1) is 0 Å². The van der Waals surface area contributed by atoms with Crippen molar-refractivity contribution in [3.05, 3.63) is 51.1 Å². The highest BCUT2D eigenvalue weighted by molar-refractivity contribution is 6.36. The number of hydrogen-bond acceptors (Lipinski definition) is 4. The average Bonchev–Trinajstić information content (AvgIpc) is 2.43. The highest BCUT2D eigenvalue weighted by Gasteiger charge is 2.15. The zero-order chi connectivity index (χ0) is 14.7. The summed E-state index contributed by atoms with van der Waals surface area (Å²) in [6.45, 7) is 0. The minimum Gasteiger partial charge on any atom is -0.319 e. The molecule has 2 rings (SSSR count). The third-order valence-corrected chi connectivity index (χ3v) is 3.26. The molecule has 0 saturated heterocycles. The van der Waals surface area contributed by atoms with E-state index in [0.717, 1.165) is 0 Å². The molecule has 4 N–H and O–H groups in total. The number of anilines is 2. The van der Waals surface area contributed by atoms with Gasteiger partial charge in [-0.1, -0.05) is 34.8 Å². The van der Waals surface area contributed by atoms with E-state index < -0.39 is 5.91 Å². The fourth-order valence-corrected chi connectivity index (χ4v) is 1.98. The SMILES string of the molecule is NNc1ccc(Cl)c(C(=O)Nc2cc(Cl)ccc2Cl)n1. The van der Waals surface area contributed by atoms with E-state index in [1.54, 1.807) is 18.2 Å². The number of carbonyl (C=O) groups is 1. The second-order valence-corrected chi connectivity index (χ2v) is 5.00. The standard InChI is InChI=1S/C12H9Cl3N4O/c13-6-1-2-7(14)9(5-6)17-12(20)11-8(15)3-4-10(18-11)19-16/h1-5H,16H2,(H,17,20)(H,18,19). The van der Waals surface area contributed by atoms with Crippen LogP contribution >= 0.6 is 34.8 Å². The topological polar surface area (TPSA) is 80.0 Å². The molecule has 0 fully saturated rings. The maximum atomic E-state index is 12.1. The quantitative estimate of drug-likeness (QED) is 0.593. The summed E-state index contributed by atoms with van der Waals surface area (Å²) >= 11 is 17.7. The molecule has 8 heteroatoms. The zero-order valence-electron chi connectivity index (χ0n) is 9.95. The van der Waals surface area contributed by atoms with Crippen LogP contribution in [0.15, 0.2) is 30.3 Å². The first-order valence-corrected chi connectivity index (χ1v) is 6.54. The van der Waals surface area contributed by atoms with Crippen molar-refractivity contribution in [2.24, 2.45) is 5.84 Å². The Morgan fingerprint density at radius 3 is 2.50 bits per heavy atom. The van der Waals surface area contributed by atoms with Crippen LogP contribution in [-0.2, 0) is 0 Å². The summed E-state index contributed by atoms with van der Waals surface area (Å²) in [7, 11) is 0. The molecule has 1 aromatic heterocycles. The highest BCUT2D eigenvalue weighted by atomic mass is 35.5. The van der Waals surface area contributed by atoms with Crippen LogP contribution in [0.25, 0.3) is 0 Å². The molecule has 0 saturated carbocycles. The van der Waals surface area contributed by atoms with E-state index in [-0.39, 0.29) is 10.7 Å². The minimum absolute atomic E-state index is 0.0261. The molecule has 0 spiro atoms. The zero-order valence-corrected chi connectivity index (χ0v) is 12.2. The molecule has 1 aromatic carbocycles. The minimum atomic E-state index is -0.517. The number of hydrogen-bond donors (Lipinski definition) is 3. The lowest BCUT2D eigenvalue weighted by Crippen LogP contribution is -2.17. The van der Waals surface area contributed by atoms with E-state index in [1.807, 2.05) is 0 Å². The van der Waals surface area contributed by atoms with Crippen LogP contribution in [0.5, 0.6) is 0 Å². The van der Waals surface area contributed by atoms with Crippen LogP contribution in [0.4, 0.5) is 11.5 Å². The monoisotopic (exact) mass is 330 g/mol. The summed E-state index contributed by atoms with van der Waals surface area (Å²) in [4.78, 5) is 16.1. The first-order chi connectivity index (χ1) is 9.51. The van der Waals surface area contributed by atoms with Crippen molar-refractivity contribution in [2.75, 3.05) is 10.7 Å². The molecular formula is C12H9Cl3N4O. The Balaban J connectivity index is 2.30. The van der Waals surface area contributed by atoms with E-state index in [0.29, 0.717) is 21.6 Å². The van der Waals surface area contributed by atoms with Gasteiger partial charge in [0.25, 0.3) is 5.91 Å². The molecule has 0 atom stereocenters. The molecule has 1 heterocycles. The number of rotatable bonds is 3. The molecule has 1 amide bonds. The summed E-state index contributed by atoms with van der Waals surface area (Å²) in [6.07, 6.45) is 0. The fourth-order valence-electron chi connectivity index (χ4n) is 1.46. The fraction of sp³-hybridized carbons (Fsp3) is 0. The van der Waals surface area contributed by atoms with Crippen molar-refractivity contribution in [1.82, 2.24) is 4.98 Å². The molecule has 0 unspecified atom stereocenters. The van der Waals surface area contributed by atoms with Gasteiger partial charge in [0.2, 0.25) is 0 Å². The Morgan fingerprint density at radius 2 is 1.80 bits per heavy atom. The van der Waals surface area contributed by atoms with Gasteiger partial charge in [-0.25, -0.2) is 10.8 Å². The van der Waals surface area contributed by atoms with Gasteiger partial charge in [-0.05, 0) is 30.3 Å². The lowest BCUT2D eigenvalue weighted by Gasteiger charge is -2.09. The number of aromatic nitrogens is 1. The van der Waals surface area contributed by atoms with Crippen LogP contribution in [0.3, 0.4) is 0 Å². The average molecular weight is 332 g/mol. The second kappa shape index (κ2) is 6.28. The number of benzene rings is 1. The summed E-state index contributed by atoms with van der Waals surface area (Å²) in [5, 5.41) is 3.58. The predicted octanol–water partition coefficient (Wildman–Crippen LogP) is 3.58. The lowest BCUT2D eigenvalue weighted by molar-refractivity contribution is 0.102. The molecule has 0 radical (unpaired) electrons. The summed E-state index contributed by atoms with van der Waals surface area (Å²) in [6, 6.07) is 7.78. The molecule has 5 nitrogen and oxygen atoms in total. The Hall–Kier alpha value is -1.53. The molecule has 0 aliphatic rings. The van der Waals surface area contributed by atoms with Crippen molar-refractivity contribution in [1.29, 1.82) is 0 Å². The van der Waals surface area contributed by atoms with Crippen LogP contribution < -0.4 is 16.6 Å². The third kappa shape index (κ3) is 3.32. The largest absolute Gasteiger partial charge is 0.319 e. The van der Waals surface area contributed by atoms with Crippen molar-refractivity contribution >= 4 is 52.2 Å².